The summed E-state index contributed by atoms with van der Waals surface area (Å²) in [6, 6.07) is 6.18. The first-order chi connectivity index (χ1) is 11.6. The van der Waals surface area contributed by atoms with Crippen molar-refractivity contribution >= 4 is 16.9 Å². The van der Waals surface area contributed by atoms with Gasteiger partial charge in [0.05, 0.1) is 11.9 Å². The van der Waals surface area contributed by atoms with Gasteiger partial charge in [-0.2, -0.15) is 5.10 Å². The third-order valence-electron chi connectivity index (χ3n) is 3.49. The van der Waals surface area contributed by atoms with Gasteiger partial charge in [-0.25, -0.2) is 14.6 Å². The second-order valence-corrected chi connectivity index (χ2v) is 5.56. The third-order valence-corrected chi connectivity index (χ3v) is 3.49. The van der Waals surface area contributed by atoms with E-state index in [4.69, 9.17) is 4.74 Å². The van der Waals surface area contributed by atoms with Crippen LogP contribution >= 0.6 is 0 Å². The minimum atomic E-state index is -0.189. The molecule has 0 fully saturated rings. The molecule has 0 radical (unpaired) electrons. The van der Waals surface area contributed by atoms with Crippen molar-refractivity contribution in [3.8, 4) is 11.6 Å². The summed E-state index contributed by atoms with van der Waals surface area (Å²) in [6.07, 6.45) is 3.07. The molecule has 7 heteroatoms. The number of carbonyl (C=O) groups is 1. The van der Waals surface area contributed by atoms with Gasteiger partial charge in [-0.15, -0.1) is 0 Å². The SMILES string of the molecule is CCNC(=O)COc1ncnc2c1cnn2-c1cc(C)cc(C)c1. The highest BCUT2D eigenvalue weighted by Crippen LogP contribution is 2.24. The quantitative estimate of drug-likeness (QED) is 0.775. The molecule has 0 unspecified atom stereocenters. The van der Waals surface area contributed by atoms with Crippen molar-refractivity contribution in [1.29, 1.82) is 0 Å². The predicted molar refractivity (Wildman–Crippen MR) is 90.3 cm³/mol. The van der Waals surface area contributed by atoms with Gasteiger partial charge < -0.3 is 10.1 Å². The summed E-state index contributed by atoms with van der Waals surface area (Å²) in [5.74, 6) is 0.160. The summed E-state index contributed by atoms with van der Waals surface area (Å²) in [6.45, 7) is 6.41. The lowest BCUT2D eigenvalue weighted by atomic mass is 10.1. The second-order valence-electron chi connectivity index (χ2n) is 5.56. The molecule has 1 amide bonds. The number of fused-ring (bicyclic) bond motifs is 1. The van der Waals surface area contributed by atoms with E-state index in [2.05, 4.69) is 26.4 Å². The fourth-order valence-corrected chi connectivity index (χ4v) is 2.58. The summed E-state index contributed by atoms with van der Waals surface area (Å²) >= 11 is 0. The van der Waals surface area contributed by atoms with E-state index in [-0.39, 0.29) is 12.5 Å². The van der Waals surface area contributed by atoms with Gasteiger partial charge in [0.25, 0.3) is 5.91 Å². The summed E-state index contributed by atoms with van der Waals surface area (Å²) in [4.78, 5) is 20.0. The van der Waals surface area contributed by atoms with Crippen LogP contribution in [0.1, 0.15) is 18.1 Å². The highest BCUT2D eigenvalue weighted by Gasteiger charge is 2.13. The number of aryl methyl sites for hydroxylation is 2. The predicted octanol–water partition coefficient (Wildman–Crippen LogP) is 1.95. The maximum atomic E-state index is 11.6. The first-order valence-corrected chi connectivity index (χ1v) is 7.75. The van der Waals surface area contributed by atoms with Crippen LogP contribution in [-0.4, -0.2) is 38.8 Å². The van der Waals surface area contributed by atoms with Crippen molar-refractivity contribution in [1.82, 2.24) is 25.1 Å². The molecule has 0 aliphatic rings. The number of hydrogen-bond acceptors (Lipinski definition) is 5. The molecule has 7 nitrogen and oxygen atoms in total. The van der Waals surface area contributed by atoms with Crippen LogP contribution in [0.2, 0.25) is 0 Å². The fourth-order valence-electron chi connectivity index (χ4n) is 2.58. The summed E-state index contributed by atoms with van der Waals surface area (Å²) in [7, 11) is 0. The van der Waals surface area contributed by atoms with Crippen LogP contribution in [0, 0.1) is 13.8 Å². The van der Waals surface area contributed by atoms with Crippen LogP contribution in [0.3, 0.4) is 0 Å². The van der Waals surface area contributed by atoms with Crippen molar-refractivity contribution in [3.63, 3.8) is 0 Å². The lowest BCUT2D eigenvalue weighted by Crippen LogP contribution is -2.28. The van der Waals surface area contributed by atoms with Gasteiger partial charge in [-0.3, -0.25) is 4.79 Å². The van der Waals surface area contributed by atoms with Gasteiger partial charge >= 0.3 is 0 Å². The Kier molecular flexibility index (Phi) is 4.41. The van der Waals surface area contributed by atoms with E-state index in [1.165, 1.54) is 6.33 Å². The molecule has 1 N–H and O–H groups in total. The largest absolute Gasteiger partial charge is 0.467 e. The Morgan fingerprint density at radius 2 is 1.96 bits per heavy atom. The number of nitrogens with zero attached hydrogens (tertiary/aromatic N) is 4. The smallest absolute Gasteiger partial charge is 0.257 e. The zero-order valence-corrected chi connectivity index (χ0v) is 13.9. The van der Waals surface area contributed by atoms with Crippen LogP contribution in [0.25, 0.3) is 16.7 Å². The number of benzene rings is 1. The molecule has 3 rings (SSSR count). The first kappa shape index (κ1) is 15.9. The highest BCUT2D eigenvalue weighted by molar-refractivity contribution is 5.82. The minimum absolute atomic E-state index is 0.0886. The Bertz CT molecular complexity index is 868. The molecule has 0 saturated heterocycles. The van der Waals surface area contributed by atoms with Gasteiger partial charge in [0, 0.05) is 6.54 Å². The van der Waals surface area contributed by atoms with Crippen molar-refractivity contribution < 1.29 is 9.53 Å². The number of ether oxygens (including phenoxy) is 1. The zero-order chi connectivity index (χ0) is 17.1. The average molecular weight is 325 g/mol. The summed E-state index contributed by atoms with van der Waals surface area (Å²) < 4.78 is 7.26. The van der Waals surface area contributed by atoms with Crippen molar-refractivity contribution in [3.05, 3.63) is 41.9 Å². The molecule has 0 spiro atoms. The van der Waals surface area contributed by atoms with Crippen molar-refractivity contribution in [2.75, 3.05) is 13.2 Å². The molecule has 0 atom stereocenters. The van der Waals surface area contributed by atoms with Gasteiger partial charge in [-0.05, 0) is 44.0 Å². The first-order valence-electron chi connectivity index (χ1n) is 7.75. The van der Waals surface area contributed by atoms with Gasteiger partial charge in [0.1, 0.15) is 11.7 Å². The van der Waals surface area contributed by atoms with Crippen LogP contribution in [0.5, 0.6) is 5.88 Å². The normalized spacial score (nSPS) is 10.8. The molecular weight excluding hydrogens is 306 g/mol. The van der Waals surface area contributed by atoms with Gasteiger partial charge in [0.2, 0.25) is 5.88 Å². The number of nitrogens with one attached hydrogen (secondary N) is 1. The fraction of sp³-hybridized carbons (Fsp3) is 0.294. The molecule has 1 aromatic carbocycles. The van der Waals surface area contributed by atoms with Crippen LogP contribution < -0.4 is 10.1 Å². The van der Waals surface area contributed by atoms with E-state index < -0.39 is 0 Å². The number of rotatable bonds is 5. The lowest BCUT2D eigenvalue weighted by molar-refractivity contribution is -0.123. The number of carbonyl (C=O) groups excluding carboxylic acids is 1. The molecule has 0 bridgehead atoms. The maximum Gasteiger partial charge on any atom is 0.257 e. The van der Waals surface area contributed by atoms with E-state index in [1.54, 1.807) is 10.9 Å². The molecule has 0 aliphatic carbocycles. The number of likely N-dealkylation sites (N-methyl/N-ethyl adjacent to an activating group) is 1. The highest BCUT2D eigenvalue weighted by atomic mass is 16.5. The Hall–Kier alpha value is -2.96. The lowest BCUT2D eigenvalue weighted by Gasteiger charge is -2.07. The number of aromatic nitrogens is 4. The standard InChI is InChI=1S/C17H19N5O2/c1-4-18-15(23)9-24-17-14-8-21-22(16(14)19-10-20-17)13-6-11(2)5-12(3)7-13/h5-8,10H,4,9H2,1-3H3,(H,18,23). The van der Waals surface area contributed by atoms with Crippen molar-refractivity contribution in [2.45, 2.75) is 20.8 Å². The maximum absolute atomic E-state index is 11.6. The van der Waals surface area contributed by atoms with Crippen LogP contribution in [0.4, 0.5) is 0 Å². The second kappa shape index (κ2) is 6.66. The third kappa shape index (κ3) is 3.19. The zero-order valence-electron chi connectivity index (χ0n) is 13.9. The minimum Gasteiger partial charge on any atom is -0.467 e. The molecule has 24 heavy (non-hydrogen) atoms. The Morgan fingerprint density at radius 3 is 2.67 bits per heavy atom. The van der Waals surface area contributed by atoms with Crippen LogP contribution in [0.15, 0.2) is 30.7 Å². The molecule has 2 heterocycles. The van der Waals surface area contributed by atoms with E-state index in [9.17, 15) is 4.79 Å². The van der Waals surface area contributed by atoms with Crippen LogP contribution in [-0.2, 0) is 4.79 Å². The molecular formula is C17H19N5O2. The summed E-state index contributed by atoms with van der Waals surface area (Å²) in [5, 5.41) is 7.75. The van der Waals surface area contributed by atoms with E-state index in [0.29, 0.717) is 23.5 Å². The molecule has 3 aromatic rings. The van der Waals surface area contributed by atoms with E-state index in [1.807, 2.05) is 32.9 Å². The molecule has 2 aromatic heterocycles. The monoisotopic (exact) mass is 325 g/mol. The van der Waals surface area contributed by atoms with E-state index >= 15 is 0 Å². The summed E-state index contributed by atoms with van der Waals surface area (Å²) in [5.41, 5.74) is 3.86. The molecule has 124 valence electrons. The number of amides is 1. The number of hydrogen-bond donors (Lipinski definition) is 1. The molecule has 0 aliphatic heterocycles. The Morgan fingerprint density at radius 1 is 1.21 bits per heavy atom. The van der Waals surface area contributed by atoms with Gasteiger partial charge in [0.15, 0.2) is 12.3 Å². The Labute approximate surface area is 139 Å². The topological polar surface area (TPSA) is 81.9 Å². The molecule has 0 saturated carbocycles. The van der Waals surface area contributed by atoms with Gasteiger partial charge in [-0.1, -0.05) is 6.07 Å². The Balaban J connectivity index is 1.95. The van der Waals surface area contributed by atoms with E-state index in [0.717, 1.165) is 16.8 Å². The van der Waals surface area contributed by atoms with Crippen molar-refractivity contribution in [2.24, 2.45) is 0 Å². The average Bonchev–Trinajstić information content (AvgIpc) is 2.97.